The Morgan fingerprint density at radius 3 is 2.46 bits per heavy atom. The van der Waals surface area contributed by atoms with Crippen LogP contribution >= 0.6 is 0 Å². The molecule has 1 aromatic heterocycles. The van der Waals surface area contributed by atoms with Gasteiger partial charge in [-0.15, -0.1) is 0 Å². The summed E-state index contributed by atoms with van der Waals surface area (Å²) in [6.45, 7) is 2.80. The Hall–Kier alpha value is -3.55. The van der Waals surface area contributed by atoms with Crippen LogP contribution in [0.1, 0.15) is 36.2 Å². The first kappa shape index (κ1) is 23.2. The first-order valence-electron chi connectivity index (χ1n) is 12.0. The Bertz CT molecular complexity index is 1230. The normalized spacial score (nSPS) is 17.2. The predicted octanol–water partition coefficient (Wildman–Crippen LogP) is 4.50. The van der Waals surface area contributed by atoms with Gasteiger partial charge in [-0.05, 0) is 48.9 Å². The highest BCUT2D eigenvalue weighted by atomic mass is 19.1. The smallest absolute Gasteiger partial charge is 0.289 e. The summed E-state index contributed by atoms with van der Waals surface area (Å²) in [5.41, 5.74) is 0.617. The number of likely N-dealkylation sites (tertiary alicyclic amines) is 2. The minimum atomic E-state index is -0.428. The van der Waals surface area contributed by atoms with Crippen molar-refractivity contribution in [3.63, 3.8) is 0 Å². The molecule has 3 aromatic rings. The maximum absolute atomic E-state index is 13.7. The second kappa shape index (κ2) is 9.60. The van der Waals surface area contributed by atoms with E-state index in [1.807, 2.05) is 28.0 Å². The van der Waals surface area contributed by atoms with Crippen molar-refractivity contribution in [2.45, 2.75) is 25.7 Å². The van der Waals surface area contributed by atoms with Gasteiger partial charge in [0.05, 0.1) is 20.1 Å². The zero-order valence-corrected chi connectivity index (χ0v) is 19.8. The summed E-state index contributed by atoms with van der Waals surface area (Å²) >= 11 is 0. The fourth-order valence-electron chi connectivity index (χ4n) is 5.17. The van der Waals surface area contributed by atoms with Gasteiger partial charge in [-0.3, -0.25) is 9.59 Å². The molecule has 1 spiro atoms. The number of piperidine rings is 1. The van der Waals surface area contributed by atoms with E-state index < -0.39 is 5.82 Å². The van der Waals surface area contributed by atoms with Gasteiger partial charge in [0, 0.05) is 31.6 Å². The lowest BCUT2D eigenvalue weighted by molar-refractivity contribution is -0.131. The number of fused-ring (bicyclic) bond motifs is 1. The molecule has 2 fully saturated rings. The number of rotatable bonds is 6. The number of furan rings is 1. The summed E-state index contributed by atoms with van der Waals surface area (Å²) in [5.74, 6) is 0.566. The molecule has 0 saturated carbocycles. The third-order valence-electron chi connectivity index (χ3n) is 7.25. The van der Waals surface area contributed by atoms with Gasteiger partial charge in [0.1, 0.15) is 0 Å². The molecule has 0 unspecified atom stereocenters. The minimum Gasteiger partial charge on any atom is -0.493 e. The van der Waals surface area contributed by atoms with Gasteiger partial charge in [-0.25, -0.2) is 4.39 Å². The van der Waals surface area contributed by atoms with Crippen molar-refractivity contribution in [2.24, 2.45) is 5.41 Å². The molecule has 0 atom stereocenters. The number of amides is 2. The van der Waals surface area contributed by atoms with Crippen molar-refractivity contribution in [2.75, 3.05) is 39.9 Å². The summed E-state index contributed by atoms with van der Waals surface area (Å²) in [5, 5.41) is 0.838. The highest BCUT2D eigenvalue weighted by Crippen LogP contribution is 2.41. The number of halogens is 1. The number of benzene rings is 2. The van der Waals surface area contributed by atoms with Gasteiger partial charge < -0.3 is 23.7 Å². The van der Waals surface area contributed by atoms with Gasteiger partial charge in [0.2, 0.25) is 5.91 Å². The topological polar surface area (TPSA) is 72.2 Å². The lowest BCUT2D eigenvalue weighted by Gasteiger charge is -2.39. The number of methoxy groups -OCH3 is 1. The summed E-state index contributed by atoms with van der Waals surface area (Å²) < 4.78 is 30.3. The molecule has 2 aliphatic rings. The Morgan fingerprint density at radius 1 is 1.00 bits per heavy atom. The van der Waals surface area contributed by atoms with Crippen molar-refractivity contribution in [1.82, 2.24) is 9.80 Å². The van der Waals surface area contributed by atoms with Crippen LogP contribution in [0.2, 0.25) is 0 Å². The van der Waals surface area contributed by atoms with E-state index in [-0.39, 0.29) is 36.0 Å². The van der Waals surface area contributed by atoms with Crippen LogP contribution in [0.15, 0.2) is 52.9 Å². The van der Waals surface area contributed by atoms with E-state index in [9.17, 15) is 14.0 Å². The molecule has 2 aliphatic heterocycles. The molecule has 2 amide bonds. The van der Waals surface area contributed by atoms with Crippen LogP contribution in [0.25, 0.3) is 11.0 Å². The molecule has 35 heavy (non-hydrogen) atoms. The van der Waals surface area contributed by atoms with E-state index in [1.54, 1.807) is 31.4 Å². The lowest BCUT2D eigenvalue weighted by atomic mass is 9.77. The zero-order valence-electron chi connectivity index (χ0n) is 19.8. The molecule has 184 valence electrons. The Morgan fingerprint density at radius 2 is 1.71 bits per heavy atom. The molecule has 7 nitrogen and oxygen atoms in total. The van der Waals surface area contributed by atoms with Crippen LogP contribution in [-0.2, 0) is 4.79 Å². The molecular formula is C27H29FN2O5. The van der Waals surface area contributed by atoms with E-state index >= 15 is 0 Å². The number of hydrogen-bond acceptors (Lipinski definition) is 5. The van der Waals surface area contributed by atoms with E-state index in [0.717, 1.165) is 24.6 Å². The molecule has 0 bridgehead atoms. The largest absolute Gasteiger partial charge is 0.493 e. The number of nitrogens with zero attached hydrogens (tertiary/aromatic N) is 2. The number of para-hydroxylation sites is 2. The Balaban J connectivity index is 1.13. The molecule has 8 heteroatoms. The van der Waals surface area contributed by atoms with Crippen molar-refractivity contribution >= 4 is 22.8 Å². The Kier molecular flexibility index (Phi) is 6.36. The van der Waals surface area contributed by atoms with E-state index in [2.05, 4.69) is 0 Å². The molecule has 0 N–H and O–H groups in total. The molecule has 3 heterocycles. The van der Waals surface area contributed by atoms with Gasteiger partial charge >= 0.3 is 0 Å². The summed E-state index contributed by atoms with van der Waals surface area (Å²) in [7, 11) is 1.58. The number of ether oxygens (including phenoxy) is 2. The maximum Gasteiger partial charge on any atom is 0.289 e. The average Bonchev–Trinajstić information content (AvgIpc) is 3.50. The average molecular weight is 481 g/mol. The SMILES string of the molecule is COc1cccc2cc(C(=O)N3CCC4(CCN(C(=O)CCOc5ccccc5F)C4)CC3)oc12. The van der Waals surface area contributed by atoms with Gasteiger partial charge in [0.25, 0.3) is 5.91 Å². The fraction of sp³-hybridized carbons (Fsp3) is 0.407. The summed E-state index contributed by atoms with van der Waals surface area (Å²) in [6, 6.07) is 13.5. The third kappa shape index (κ3) is 4.70. The lowest BCUT2D eigenvalue weighted by Crippen LogP contribution is -2.44. The maximum atomic E-state index is 13.7. The first-order valence-corrected chi connectivity index (χ1v) is 12.0. The molecule has 2 saturated heterocycles. The van der Waals surface area contributed by atoms with Crippen molar-refractivity contribution in [3.8, 4) is 11.5 Å². The number of carbonyl (C=O) groups excluding carboxylic acids is 2. The zero-order chi connectivity index (χ0) is 24.4. The summed E-state index contributed by atoms with van der Waals surface area (Å²) in [6.07, 6.45) is 2.83. The molecule has 0 aliphatic carbocycles. The highest BCUT2D eigenvalue weighted by molar-refractivity contribution is 5.97. The third-order valence-corrected chi connectivity index (χ3v) is 7.25. The monoisotopic (exact) mass is 480 g/mol. The summed E-state index contributed by atoms with van der Waals surface area (Å²) in [4.78, 5) is 29.5. The molecule has 2 aromatic carbocycles. The van der Waals surface area contributed by atoms with Crippen LogP contribution in [0.4, 0.5) is 4.39 Å². The predicted molar refractivity (Wildman–Crippen MR) is 128 cm³/mol. The van der Waals surface area contributed by atoms with Crippen LogP contribution < -0.4 is 9.47 Å². The van der Waals surface area contributed by atoms with E-state index in [1.165, 1.54) is 6.07 Å². The van der Waals surface area contributed by atoms with E-state index in [4.69, 9.17) is 13.9 Å². The van der Waals surface area contributed by atoms with Gasteiger partial charge in [0.15, 0.2) is 28.7 Å². The molecular weight excluding hydrogens is 451 g/mol. The quantitative estimate of drug-likeness (QED) is 0.519. The van der Waals surface area contributed by atoms with E-state index in [0.29, 0.717) is 43.3 Å². The first-order chi connectivity index (χ1) is 17.0. The number of carbonyl (C=O) groups is 2. The van der Waals surface area contributed by atoms with Crippen LogP contribution in [0.5, 0.6) is 11.5 Å². The van der Waals surface area contributed by atoms with Gasteiger partial charge in [-0.2, -0.15) is 0 Å². The van der Waals surface area contributed by atoms with Crippen molar-refractivity contribution < 1.29 is 27.9 Å². The molecule has 5 rings (SSSR count). The van der Waals surface area contributed by atoms with Crippen LogP contribution in [-0.4, -0.2) is 61.5 Å². The van der Waals surface area contributed by atoms with Gasteiger partial charge in [-0.1, -0.05) is 24.3 Å². The minimum absolute atomic E-state index is 0.0212. The second-order valence-electron chi connectivity index (χ2n) is 9.38. The van der Waals surface area contributed by atoms with Crippen LogP contribution in [0.3, 0.4) is 0 Å². The van der Waals surface area contributed by atoms with Crippen molar-refractivity contribution in [3.05, 3.63) is 60.1 Å². The van der Waals surface area contributed by atoms with Crippen LogP contribution in [0, 0.1) is 11.2 Å². The second-order valence-corrected chi connectivity index (χ2v) is 9.38. The fourth-order valence-corrected chi connectivity index (χ4v) is 5.17. The van der Waals surface area contributed by atoms with Crippen molar-refractivity contribution in [1.29, 1.82) is 0 Å². The molecule has 0 radical (unpaired) electrons. The standard InChI is InChI=1S/C27H29FN2O5/c1-33-22-8-4-5-19-17-23(35-25(19)22)26(32)29-13-10-27(11-14-29)12-15-30(18-27)24(31)9-16-34-21-7-3-2-6-20(21)28/h2-8,17H,9-16,18H2,1H3. The highest BCUT2D eigenvalue weighted by Gasteiger charge is 2.43. The Labute approximate surface area is 203 Å². The number of hydrogen-bond donors (Lipinski definition) is 0.